The molecule has 0 aliphatic carbocycles. The van der Waals surface area contributed by atoms with Gasteiger partial charge < -0.3 is 10.6 Å². The van der Waals surface area contributed by atoms with E-state index in [0.29, 0.717) is 18.3 Å². The summed E-state index contributed by atoms with van der Waals surface area (Å²) in [5.74, 6) is 0. The van der Waals surface area contributed by atoms with Gasteiger partial charge in [0.25, 0.3) is 0 Å². The fourth-order valence-corrected chi connectivity index (χ4v) is 3.05. The molecule has 0 saturated carbocycles. The van der Waals surface area contributed by atoms with Crippen LogP contribution in [0, 0.1) is 0 Å². The number of rotatable bonds is 8. The van der Waals surface area contributed by atoms with Crippen molar-refractivity contribution in [1.82, 2.24) is 9.62 Å². The Morgan fingerprint density at radius 2 is 2.00 bits per heavy atom. The fraction of sp³-hybridized carbons (Fsp3) is 0.600. The van der Waals surface area contributed by atoms with Crippen LogP contribution >= 0.6 is 0 Å². The minimum Gasteiger partial charge on any atom is -0.398 e. The normalized spacial score (nSPS) is 12.3. The summed E-state index contributed by atoms with van der Waals surface area (Å²) in [7, 11) is -1.44. The smallest absolute Gasteiger partial charge is 0.240 e. The van der Waals surface area contributed by atoms with Crippen LogP contribution in [-0.4, -0.2) is 39.5 Å². The van der Waals surface area contributed by atoms with Gasteiger partial charge in [0, 0.05) is 18.3 Å². The Bertz CT molecular complexity index is 556. The van der Waals surface area contributed by atoms with Gasteiger partial charge in [-0.05, 0) is 58.0 Å². The average Bonchev–Trinajstić information content (AvgIpc) is 2.43. The van der Waals surface area contributed by atoms with Crippen molar-refractivity contribution < 1.29 is 8.42 Å². The lowest BCUT2D eigenvalue weighted by atomic mass is 10.1. The van der Waals surface area contributed by atoms with Crippen LogP contribution < -0.4 is 10.5 Å². The summed E-state index contributed by atoms with van der Waals surface area (Å²) in [6.07, 6.45) is 1.57. The number of aryl methyl sites for hydroxylation is 1. The Hall–Kier alpha value is -1.11. The number of nitrogens with zero attached hydrogens (tertiary/aromatic N) is 1. The Morgan fingerprint density at radius 1 is 1.33 bits per heavy atom. The highest BCUT2D eigenvalue weighted by atomic mass is 32.2. The number of hydrogen-bond donors (Lipinski definition) is 2. The SMILES string of the molecule is CCc1ccc(S(=O)(=O)NCCCN(C)C(C)C)cc1N. The van der Waals surface area contributed by atoms with E-state index in [-0.39, 0.29) is 4.90 Å². The molecule has 0 bridgehead atoms. The van der Waals surface area contributed by atoms with Gasteiger partial charge in [0.1, 0.15) is 0 Å². The van der Waals surface area contributed by atoms with Gasteiger partial charge in [-0.2, -0.15) is 0 Å². The van der Waals surface area contributed by atoms with E-state index in [0.717, 1.165) is 24.9 Å². The lowest BCUT2D eigenvalue weighted by Crippen LogP contribution is -2.31. The average molecular weight is 313 g/mol. The molecule has 0 saturated heterocycles. The van der Waals surface area contributed by atoms with E-state index in [1.54, 1.807) is 12.1 Å². The first kappa shape index (κ1) is 17.9. The number of hydrogen-bond acceptors (Lipinski definition) is 4. The molecule has 0 fully saturated rings. The predicted octanol–water partition coefficient (Wildman–Crippen LogP) is 1.84. The van der Waals surface area contributed by atoms with Crippen molar-refractivity contribution in [2.75, 3.05) is 25.9 Å². The van der Waals surface area contributed by atoms with Gasteiger partial charge in [-0.25, -0.2) is 13.1 Å². The summed E-state index contributed by atoms with van der Waals surface area (Å²) in [6.45, 7) is 7.50. The topological polar surface area (TPSA) is 75.4 Å². The largest absolute Gasteiger partial charge is 0.398 e. The molecule has 0 heterocycles. The third-order valence-electron chi connectivity index (χ3n) is 3.67. The fourth-order valence-electron chi connectivity index (χ4n) is 1.94. The maximum absolute atomic E-state index is 12.2. The van der Waals surface area contributed by atoms with Gasteiger partial charge in [-0.15, -0.1) is 0 Å². The zero-order chi connectivity index (χ0) is 16.0. The Kier molecular flexibility index (Phi) is 6.64. The van der Waals surface area contributed by atoms with Gasteiger partial charge in [0.15, 0.2) is 0 Å². The van der Waals surface area contributed by atoms with E-state index in [2.05, 4.69) is 23.5 Å². The molecule has 0 atom stereocenters. The molecule has 0 amide bonds. The van der Waals surface area contributed by atoms with Gasteiger partial charge in [0.05, 0.1) is 4.90 Å². The van der Waals surface area contributed by atoms with E-state index in [9.17, 15) is 8.42 Å². The van der Waals surface area contributed by atoms with Gasteiger partial charge in [-0.3, -0.25) is 0 Å². The summed E-state index contributed by atoms with van der Waals surface area (Å²) >= 11 is 0. The van der Waals surface area contributed by atoms with Crippen LogP contribution in [0.15, 0.2) is 23.1 Å². The second kappa shape index (κ2) is 7.77. The van der Waals surface area contributed by atoms with Crippen molar-refractivity contribution in [3.63, 3.8) is 0 Å². The molecule has 0 unspecified atom stereocenters. The second-order valence-electron chi connectivity index (χ2n) is 5.54. The standard InChI is InChI=1S/C15H27N3O2S/c1-5-13-7-8-14(11-15(13)16)21(19,20)17-9-6-10-18(4)12(2)3/h7-8,11-12,17H,5-6,9-10,16H2,1-4H3. The van der Waals surface area contributed by atoms with Gasteiger partial charge in [0.2, 0.25) is 10.0 Å². The minimum atomic E-state index is -3.47. The monoisotopic (exact) mass is 313 g/mol. The zero-order valence-electron chi connectivity index (χ0n) is 13.4. The molecule has 0 aliphatic rings. The first-order chi connectivity index (χ1) is 9.77. The van der Waals surface area contributed by atoms with Crippen LogP contribution in [0.4, 0.5) is 5.69 Å². The number of sulfonamides is 1. The van der Waals surface area contributed by atoms with Crippen LogP contribution in [0.25, 0.3) is 0 Å². The molecule has 1 aromatic rings. The van der Waals surface area contributed by atoms with Crippen molar-refractivity contribution in [1.29, 1.82) is 0 Å². The number of anilines is 1. The molecule has 1 aromatic carbocycles. The lowest BCUT2D eigenvalue weighted by molar-refractivity contribution is 0.271. The van der Waals surface area contributed by atoms with Crippen LogP contribution in [0.3, 0.4) is 0 Å². The number of benzene rings is 1. The summed E-state index contributed by atoms with van der Waals surface area (Å²) in [4.78, 5) is 2.41. The van der Waals surface area contributed by atoms with Crippen molar-refractivity contribution in [2.45, 2.75) is 44.6 Å². The Balaban J connectivity index is 2.60. The summed E-state index contributed by atoms with van der Waals surface area (Å²) < 4.78 is 27.0. The molecule has 120 valence electrons. The molecule has 6 heteroatoms. The molecule has 0 radical (unpaired) electrons. The number of nitrogen functional groups attached to an aromatic ring is 1. The van der Waals surface area contributed by atoms with E-state index < -0.39 is 10.0 Å². The quantitative estimate of drug-likeness (QED) is 0.567. The maximum atomic E-state index is 12.2. The highest BCUT2D eigenvalue weighted by Crippen LogP contribution is 2.18. The van der Waals surface area contributed by atoms with Crippen molar-refractivity contribution in [3.05, 3.63) is 23.8 Å². The first-order valence-corrected chi connectivity index (χ1v) is 8.84. The number of nitrogens with one attached hydrogen (secondary N) is 1. The molecule has 21 heavy (non-hydrogen) atoms. The van der Waals surface area contributed by atoms with Crippen LogP contribution in [0.5, 0.6) is 0 Å². The van der Waals surface area contributed by atoms with Crippen molar-refractivity contribution >= 4 is 15.7 Å². The summed E-state index contributed by atoms with van der Waals surface area (Å²) in [5.41, 5.74) is 7.35. The van der Waals surface area contributed by atoms with Gasteiger partial charge in [-0.1, -0.05) is 13.0 Å². The highest BCUT2D eigenvalue weighted by Gasteiger charge is 2.14. The van der Waals surface area contributed by atoms with E-state index in [4.69, 9.17) is 5.73 Å². The van der Waals surface area contributed by atoms with Crippen LogP contribution in [0.2, 0.25) is 0 Å². The van der Waals surface area contributed by atoms with Crippen LogP contribution in [-0.2, 0) is 16.4 Å². The zero-order valence-corrected chi connectivity index (χ0v) is 14.2. The molecular weight excluding hydrogens is 286 g/mol. The Morgan fingerprint density at radius 3 is 2.52 bits per heavy atom. The van der Waals surface area contributed by atoms with Crippen molar-refractivity contribution in [3.8, 4) is 0 Å². The predicted molar refractivity (Wildman–Crippen MR) is 87.8 cm³/mol. The van der Waals surface area contributed by atoms with E-state index in [1.165, 1.54) is 6.07 Å². The lowest BCUT2D eigenvalue weighted by Gasteiger charge is -2.20. The highest BCUT2D eigenvalue weighted by molar-refractivity contribution is 7.89. The number of nitrogens with two attached hydrogens (primary N) is 1. The minimum absolute atomic E-state index is 0.231. The molecule has 3 N–H and O–H groups in total. The second-order valence-corrected chi connectivity index (χ2v) is 7.31. The van der Waals surface area contributed by atoms with Crippen LogP contribution in [0.1, 0.15) is 32.8 Å². The molecule has 5 nitrogen and oxygen atoms in total. The molecule has 0 spiro atoms. The third kappa shape index (κ3) is 5.30. The maximum Gasteiger partial charge on any atom is 0.240 e. The van der Waals surface area contributed by atoms with E-state index in [1.807, 2.05) is 14.0 Å². The third-order valence-corrected chi connectivity index (χ3v) is 5.13. The summed E-state index contributed by atoms with van der Waals surface area (Å²) in [5, 5.41) is 0. The molecule has 1 rings (SSSR count). The van der Waals surface area contributed by atoms with Gasteiger partial charge >= 0.3 is 0 Å². The molecule has 0 aromatic heterocycles. The summed E-state index contributed by atoms with van der Waals surface area (Å²) in [6, 6.07) is 5.37. The molecular formula is C15H27N3O2S. The molecule has 0 aliphatic heterocycles. The first-order valence-electron chi connectivity index (χ1n) is 7.36. The van der Waals surface area contributed by atoms with Crippen molar-refractivity contribution in [2.24, 2.45) is 0 Å². The Labute approximate surface area is 128 Å². The van der Waals surface area contributed by atoms with E-state index >= 15 is 0 Å².